The van der Waals surface area contributed by atoms with Crippen LogP contribution in [0.2, 0.25) is 5.02 Å². The van der Waals surface area contributed by atoms with Gasteiger partial charge in [0.05, 0.1) is 11.3 Å². The average Bonchev–Trinajstić information content (AvgIpc) is 2.34. The van der Waals surface area contributed by atoms with Crippen LogP contribution in [0.3, 0.4) is 0 Å². The first-order chi connectivity index (χ1) is 8.90. The van der Waals surface area contributed by atoms with E-state index in [0.29, 0.717) is 28.5 Å². The number of hydrogen-bond acceptors (Lipinski definition) is 2. The molecule has 1 N–H and O–H groups in total. The molecule has 4 heteroatoms. The molecule has 3 unspecified atom stereocenters. The maximum Gasteiger partial charge on any atom is 0.337 e. The molecule has 19 heavy (non-hydrogen) atoms. The van der Waals surface area contributed by atoms with Gasteiger partial charge in [-0.05, 0) is 43.4 Å². The predicted octanol–water partition coefficient (Wildman–Crippen LogP) is 3.91. The van der Waals surface area contributed by atoms with E-state index in [1.807, 2.05) is 6.07 Å². The van der Waals surface area contributed by atoms with Gasteiger partial charge < -0.3 is 10.0 Å². The number of hydrogen-bond donors (Lipinski definition) is 1. The first-order valence-electron chi connectivity index (χ1n) is 6.69. The van der Waals surface area contributed by atoms with Crippen molar-refractivity contribution >= 4 is 23.3 Å². The molecule has 0 aliphatic carbocycles. The fraction of sp³-hybridized carbons (Fsp3) is 0.533. The van der Waals surface area contributed by atoms with E-state index in [2.05, 4.69) is 25.7 Å². The normalized spacial score (nSPS) is 27.4. The van der Waals surface area contributed by atoms with Crippen molar-refractivity contribution in [2.45, 2.75) is 33.2 Å². The molecule has 1 aliphatic heterocycles. The van der Waals surface area contributed by atoms with Crippen molar-refractivity contribution in [1.82, 2.24) is 0 Å². The van der Waals surface area contributed by atoms with Crippen LogP contribution >= 0.6 is 11.6 Å². The fourth-order valence-electron chi connectivity index (χ4n) is 2.96. The van der Waals surface area contributed by atoms with Crippen molar-refractivity contribution in [3.05, 3.63) is 28.8 Å². The number of carbonyl (C=O) groups is 1. The van der Waals surface area contributed by atoms with E-state index in [4.69, 9.17) is 11.6 Å². The van der Waals surface area contributed by atoms with Crippen molar-refractivity contribution in [3.63, 3.8) is 0 Å². The van der Waals surface area contributed by atoms with Gasteiger partial charge in [-0.3, -0.25) is 0 Å². The summed E-state index contributed by atoms with van der Waals surface area (Å²) >= 11 is 5.91. The monoisotopic (exact) mass is 281 g/mol. The van der Waals surface area contributed by atoms with Crippen molar-refractivity contribution in [1.29, 1.82) is 0 Å². The molecule has 0 amide bonds. The molecular formula is C15H20ClNO2. The molecule has 2 rings (SSSR count). The van der Waals surface area contributed by atoms with Crippen LogP contribution in [-0.2, 0) is 0 Å². The molecule has 0 aromatic heterocycles. The molecule has 1 saturated heterocycles. The second-order valence-corrected chi connectivity index (χ2v) is 6.11. The Bertz CT molecular complexity index is 489. The zero-order valence-corrected chi connectivity index (χ0v) is 12.3. The minimum atomic E-state index is -0.921. The summed E-state index contributed by atoms with van der Waals surface area (Å²) in [7, 11) is 0. The van der Waals surface area contributed by atoms with Crippen molar-refractivity contribution < 1.29 is 9.90 Å². The Hall–Kier alpha value is -1.22. The Morgan fingerprint density at radius 3 is 2.68 bits per heavy atom. The minimum absolute atomic E-state index is 0.292. The summed E-state index contributed by atoms with van der Waals surface area (Å²) in [5.41, 5.74) is 1.07. The number of halogens is 1. The SMILES string of the molecule is CC1CC(C)C(C)N(c2ccc(Cl)cc2C(=O)O)C1. The van der Waals surface area contributed by atoms with Crippen LogP contribution < -0.4 is 4.90 Å². The smallest absolute Gasteiger partial charge is 0.337 e. The number of anilines is 1. The standard InChI is InChI=1S/C15H20ClNO2/c1-9-6-10(2)11(3)17(8-9)14-5-4-12(16)7-13(14)15(18)19/h4-5,7,9-11H,6,8H2,1-3H3,(H,18,19). The zero-order valence-electron chi connectivity index (χ0n) is 11.6. The van der Waals surface area contributed by atoms with Crippen LogP contribution in [0.4, 0.5) is 5.69 Å². The quantitative estimate of drug-likeness (QED) is 0.893. The van der Waals surface area contributed by atoms with Gasteiger partial charge in [0.2, 0.25) is 0 Å². The molecular weight excluding hydrogens is 262 g/mol. The molecule has 0 bridgehead atoms. The van der Waals surface area contributed by atoms with E-state index in [-0.39, 0.29) is 0 Å². The Labute approximate surface area is 119 Å². The van der Waals surface area contributed by atoms with Crippen LogP contribution in [0.1, 0.15) is 37.6 Å². The highest BCUT2D eigenvalue weighted by Gasteiger charge is 2.30. The van der Waals surface area contributed by atoms with Gasteiger partial charge in [0.1, 0.15) is 0 Å². The molecule has 1 fully saturated rings. The highest BCUT2D eigenvalue weighted by Crippen LogP contribution is 2.34. The van der Waals surface area contributed by atoms with Crippen LogP contribution in [0.5, 0.6) is 0 Å². The largest absolute Gasteiger partial charge is 0.478 e. The van der Waals surface area contributed by atoms with Gasteiger partial charge in [0.25, 0.3) is 0 Å². The Morgan fingerprint density at radius 2 is 2.05 bits per heavy atom. The van der Waals surface area contributed by atoms with E-state index in [1.165, 1.54) is 12.5 Å². The van der Waals surface area contributed by atoms with Gasteiger partial charge in [0.15, 0.2) is 0 Å². The lowest BCUT2D eigenvalue weighted by Crippen LogP contribution is -2.46. The van der Waals surface area contributed by atoms with Gasteiger partial charge in [0, 0.05) is 17.6 Å². The number of rotatable bonds is 2. The third-order valence-electron chi connectivity index (χ3n) is 4.10. The Balaban J connectivity index is 2.42. The first-order valence-corrected chi connectivity index (χ1v) is 7.07. The second-order valence-electron chi connectivity index (χ2n) is 5.68. The second kappa shape index (κ2) is 5.41. The van der Waals surface area contributed by atoms with Crippen LogP contribution in [0.25, 0.3) is 0 Å². The highest BCUT2D eigenvalue weighted by atomic mass is 35.5. The summed E-state index contributed by atoms with van der Waals surface area (Å²) in [5, 5.41) is 9.82. The highest BCUT2D eigenvalue weighted by molar-refractivity contribution is 6.31. The lowest BCUT2D eigenvalue weighted by Gasteiger charge is -2.43. The van der Waals surface area contributed by atoms with Gasteiger partial charge >= 0.3 is 5.97 Å². The van der Waals surface area contributed by atoms with Gasteiger partial charge in [-0.1, -0.05) is 25.4 Å². The third kappa shape index (κ3) is 2.86. The summed E-state index contributed by atoms with van der Waals surface area (Å²) in [4.78, 5) is 13.6. The summed E-state index contributed by atoms with van der Waals surface area (Å²) < 4.78 is 0. The van der Waals surface area contributed by atoms with Crippen LogP contribution in [-0.4, -0.2) is 23.7 Å². The Kier molecular flexibility index (Phi) is 4.04. The van der Waals surface area contributed by atoms with E-state index >= 15 is 0 Å². The number of carboxylic acids is 1. The van der Waals surface area contributed by atoms with Gasteiger partial charge in [-0.15, -0.1) is 0 Å². The number of aromatic carboxylic acids is 1. The molecule has 1 aromatic carbocycles. The molecule has 1 aromatic rings. The third-order valence-corrected chi connectivity index (χ3v) is 4.33. The van der Waals surface area contributed by atoms with E-state index < -0.39 is 5.97 Å². The molecule has 0 spiro atoms. The van der Waals surface area contributed by atoms with Gasteiger partial charge in [-0.25, -0.2) is 4.79 Å². The molecule has 3 atom stereocenters. The lowest BCUT2D eigenvalue weighted by atomic mass is 9.85. The van der Waals surface area contributed by atoms with Crippen molar-refractivity contribution in [3.8, 4) is 0 Å². The first kappa shape index (κ1) is 14.2. The molecule has 104 valence electrons. The van der Waals surface area contributed by atoms with Gasteiger partial charge in [-0.2, -0.15) is 0 Å². The number of benzene rings is 1. The summed E-state index contributed by atoms with van der Waals surface area (Å²) in [5.74, 6) is 0.208. The average molecular weight is 282 g/mol. The van der Waals surface area contributed by atoms with E-state index in [1.54, 1.807) is 6.07 Å². The fourth-order valence-corrected chi connectivity index (χ4v) is 3.14. The summed E-state index contributed by atoms with van der Waals surface area (Å²) in [6, 6.07) is 5.47. The summed E-state index contributed by atoms with van der Waals surface area (Å²) in [6.07, 6.45) is 1.19. The lowest BCUT2D eigenvalue weighted by molar-refractivity contribution is 0.0697. The van der Waals surface area contributed by atoms with Crippen LogP contribution in [0.15, 0.2) is 18.2 Å². The molecule has 1 heterocycles. The maximum atomic E-state index is 11.4. The number of piperidine rings is 1. The van der Waals surface area contributed by atoms with E-state index in [0.717, 1.165) is 12.2 Å². The van der Waals surface area contributed by atoms with Crippen LogP contribution in [0, 0.1) is 11.8 Å². The minimum Gasteiger partial charge on any atom is -0.478 e. The predicted molar refractivity (Wildman–Crippen MR) is 78.2 cm³/mol. The zero-order chi connectivity index (χ0) is 14.2. The number of nitrogens with zero attached hydrogens (tertiary/aromatic N) is 1. The maximum absolute atomic E-state index is 11.4. The molecule has 0 radical (unpaired) electrons. The number of carboxylic acid groups (broad SMARTS) is 1. The summed E-state index contributed by atoms with van der Waals surface area (Å²) in [6.45, 7) is 7.50. The van der Waals surface area contributed by atoms with Crippen molar-refractivity contribution in [2.75, 3.05) is 11.4 Å². The van der Waals surface area contributed by atoms with E-state index in [9.17, 15) is 9.90 Å². The Morgan fingerprint density at radius 1 is 1.37 bits per heavy atom. The molecule has 3 nitrogen and oxygen atoms in total. The molecule has 1 aliphatic rings. The topological polar surface area (TPSA) is 40.5 Å². The van der Waals surface area contributed by atoms with Crippen molar-refractivity contribution in [2.24, 2.45) is 11.8 Å². The molecule has 0 saturated carbocycles.